The number of oxazole rings is 1. The Morgan fingerprint density at radius 3 is 2.61 bits per heavy atom. The second kappa shape index (κ2) is 6.58. The average molecular weight is 351 g/mol. The molecule has 0 aliphatic rings. The number of esters is 1. The standard InChI is InChI=1S/C16H12Cl2N2O3/c17-11-5-10(6-12(18)8-11)15-20-13-2-1-9(7-14(13)23-15)16(21)22-4-3-19/h1-2,5-8H,3-4,19H2. The number of aromatic nitrogens is 1. The van der Waals surface area contributed by atoms with Gasteiger partial charge in [-0.3, -0.25) is 0 Å². The van der Waals surface area contributed by atoms with E-state index in [1.807, 2.05) is 0 Å². The molecule has 0 aliphatic carbocycles. The van der Waals surface area contributed by atoms with Gasteiger partial charge in [-0.25, -0.2) is 9.78 Å². The summed E-state index contributed by atoms with van der Waals surface area (Å²) in [5, 5.41) is 0.974. The number of hydrogen-bond donors (Lipinski definition) is 1. The van der Waals surface area contributed by atoms with Gasteiger partial charge in [-0.2, -0.15) is 0 Å². The van der Waals surface area contributed by atoms with E-state index in [-0.39, 0.29) is 13.2 Å². The van der Waals surface area contributed by atoms with Crippen molar-refractivity contribution in [3.05, 3.63) is 52.0 Å². The Morgan fingerprint density at radius 2 is 1.91 bits per heavy atom. The Morgan fingerprint density at radius 1 is 1.17 bits per heavy atom. The third-order valence-corrected chi connectivity index (χ3v) is 3.52. The molecule has 0 aliphatic heterocycles. The van der Waals surface area contributed by atoms with Gasteiger partial charge in [0.25, 0.3) is 0 Å². The average Bonchev–Trinajstić information content (AvgIpc) is 2.94. The summed E-state index contributed by atoms with van der Waals surface area (Å²) in [6.45, 7) is 0.440. The molecule has 0 bridgehead atoms. The van der Waals surface area contributed by atoms with Crippen molar-refractivity contribution in [1.29, 1.82) is 0 Å². The lowest BCUT2D eigenvalue weighted by Gasteiger charge is -2.01. The summed E-state index contributed by atoms with van der Waals surface area (Å²) in [7, 11) is 0. The number of nitrogens with two attached hydrogens (primary N) is 1. The van der Waals surface area contributed by atoms with Crippen molar-refractivity contribution in [2.24, 2.45) is 5.73 Å². The van der Waals surface area contributed by atoms with Crippen LogP contribution in [0.5, 0.6) is 0 Å². The molecule has 1 aromatic heterocycles. The molecule has 3 aromatic rings. The lowest BCUT2D eigenvalue weighted by Crippen LogP contribution is -2.13. The van der Waals surface area contributed by atoms with Crippen LogP contribution >= 0.6 is 23.2 Å². The van der Waals surface area contributed by atoms with Crippen LogP contribution in [0.15, 0.2) is 40.8 Å². The smallest absolute Gasteiger partial charge is 0.338 e. The minimum absolute atomic E-state index is 0.166. The molecule has 0 atom stereocenters. The third kappa shape index (κ3) is 3.47. The molecule has 0 radical (unpaired) electrons. The van der Waals surface area contributed by atoms with E-state index in [1.54, 1.807) is 36.4 Å². The normalized spacial score (nSPS) is 10.9. The van der Waals surface area contributed by atoms with E-state index in [2.05, 4.69) is 4.98 Å². The molecule has 0 saturated carbocycles. The zero-order chi connectivity index (χ0) is 16.4. The molecule has 7 heteroatoms. The lowest BCUT2D eigenvalue weighted by atomic mass is 10.2. The van der Waals surface area contributed by atoms with Crippen molar-refractivity contribution in [2.45, 2.75) is 0 Å². The van der Waals surface area contributed by atoms with E-state index in [1.165, 1.54) is 0 Å². The minimum atomic E-state index is -0.457. The fourth-order valence-electron chi connectivity index (χ4n) is 2.09. The fourth-order valence-corrected chi connectivity index (χ4v) is 2.61. The van der Waals surface area contributed by atoms with Gasteiger partial charge in [-0.15, -0.1) is 0 Å². The van der Waals surface area contributed by atoms with Gasteiger partial charge in [0.05, 0.1) is 5.56 Å². The molecule has 0 spiro atoms. The largest absolute Gasteiger partial charge is 0.461 e. The number of fused-ring (bicyclic) bond motifs is 1. The van der Waals surface area contributed by atoms with Crippen molar-refractivity contribution >= 4 is 40.3 Å². The number of carbonyl (C=O) groups excluding carboxylic acids is 1. The van der Waals surface area contributed by atoms with Crippen LogP contribution in [0.25, 0.3) is 22.6 Å². The van der Waals surface area contributed by atoms with Crippen LogP contribution in [0, 0.1) is 0 Å². The highest BCUT2D eigenvalue weighted by Gasteiger charge is 2.13. The summed E-state index contributed by atoms with van der Waals surface area (Å²) in [4.78, 5) is 16.2. The molecule has 2 aromatic carbocycles. The predicted molar refractivity (Wildman–Crippen MR) is 88.8 cm³/mol. The monoisotopic (exact) mass is 350 g/mol. The number of hydrogen-bond acceptors (Lipinski definition) is 5. The van der Waals surface area contributed by atoms with Gasteiger partial charge >= 0.3 is 5.97 Å². The number of rotatable bonds is 4. The van der Waals surface area contributed by atoms with Gasteiger partial charge in [-0.05, 0) is 36.4 Å². The van der Waals surface area contributed by atoms with Gasteiger partial charge in [0.15, 0.2) is 5.58 Å². The van der Waals surface area contributed by atoms with Crippen LogP contribution in [0.2, 0.25) is 10.0 Å². The Hall–Kier alpha value is -2.08. The maximum absolute atomic E-state index is 11.8. The second-order valence-electron chi connectivity index (χ2n) is 4.78. The van der Waals surface area contributed by atoms with E-state index < -0.39 is 5.97 Å². The molecule has 2 N–H and O–H groups in total. The van der Waals surface area contributed by atoms with Crippen LogP contribution in [0.4, 0.5) is 0 Å². The summed E-state index contributed by atoms with van der Waals surface area (Å²) >= 11 is 12.0. The number of benzene rings is 2. The number of ether oxygens (including phenoxy) is 1. The van der Waals surface area contributed by atoms with Gasteiger partial charge < -0.3 is 14.9 Å². The van der Waals surface area contributed by atoms with E-state index in [0.29, 0.717) is 38.2 Å². The number of halogens is 2. The van der Waals surface area contributed by atoms with Crippen molar-refractivity contribution in [3.63, 3.8) is 0 Å². The van der Waals surface area contributed by atoms with Crippen molar-refractivity contribution in [1.82, 2.24) is 4.98 Å². The maximum atomic E-state index is 11.8. The van der Waals surface area contributed by atoms with Crippen LogP contribution in [-0.2, 0) is 4.74 Å². The second-order valence-corrected chi connectivity index (χ2v) is 5.66. The van der Waals surface area contributed by atoms with Crippen molar-refractivity contribution < 1.29 is 13.9 Å². The number of nitrogens with zero attached hydrogens (tertiary/aromatic N) is 1. The van der Waals surface area contributed by atoms with Crippen LogP contribution in [-0.4, -0.2) is 24.1 Å². The highest BCUT2D eigenvalue weighted by atomic mass is 35.5. The first-order valence-electron chi connectivity index (χ1n) is 6.81. The SMILES string of the molecule is NCCOC(=O)c1ccc2nc(-c3cc(Cl)cc(Cl)c3)oc2c1. The molecule has 3 rings (SSSR count). The molecule has 0 fully saturated rings. The number of carbonyl (C=O) groups is 1. The predicted octanol–water partition coefficient (Wildman–Crippen LogP) is 3.92. The summed E-state index contributed by atoms with van der Waals surface area (Å²) < 4.78 is 10.7. The van der Waals surface area contributed by atoms with E-state index in [9.17, 15) is 4.79 Å². The van der Waals surface area contributed by atoms with Crippen molar-refractivity contribution in [2.75, 3.05) is 13.2 Å². The van der Waals surface area contributed by atoms with E-state index >= 15 is 0 Å². The lowest BCUT2D eigenvalue weighted by molar-refractivity contribution is 0.0517. The van der Waals surface area contributed by atoms with Crippen molar-refractivity contribution in [3.8, 4) is 11.5 Å². The Bertz CT molecular complexity index is 857. The third-order valence-electron chi connectivity index (χ3n) is 3.08. The summed E-state index contributed by atoms with van der Waals surface area (Å²) in [5.74, 6) is -0.0852. The summed E-state index contributed by atoms with van der Waals surface area (Å²) in [6, 6.07) is 9.92. The molecule has 0 unspecified atom stereocenters. The first-order valence-corrected chi connectivity index (χ1v) is 7.56. The maximum Gasteiger partial charge on any atom is 0.338 e. The summed E-state index contributed by atoms with van der Waals surface area (Å²) in [5.41, 5.74) is 7.43. The highest BCUT2D eigenvalue weighted by molar-refractivity contribution is 6.35. The first-order chi connectivity index (χ1) is 11.1. The molecule has 23 heavy (non-hydrogen) atoms. The van der Waals surface area contributed by atoms with E-state index in [0.717, 1.165) is 0 Å². The summed E-state index contributed by atoms with van der Waals surface area (Å²) in [6.07, 6.45) is 0. The molecular formula is C16H12Cl2N2O3. The van der Waals surface area contributed by atoms with Crippen LogP contribution in [0.3, 0.4) is 0 Å². The van der Waals surface area contributed by atoms with Crippen LogP contribution in [0.1, 0.15) is 10.4 Å². The zero-order valence-electron chi connectivity index (χ0n) is 11.9. The highest BCUT2D eigenvalue weighted by Crippen LogP contribution is 2.29. The molecule has 5 nitrogen and oxygen atoms in total. The molecular weight excluding hydrogens is 339 g/mol. The topological polar surface area (TPSA) is 78.4 Å². The molecule has 118 valence electrons. The fraction of sp³-hybridized carbons (Fsp3) is 0.125. The Labute approximate surface area is 142 Å². The van der Waals surface area contributed by atoms with Crippen LogP contribution < -0.4 is 5.73 Å². The van der Waals surface area contributed by atoms with E-state index in [4.69, 9.17) is 38.1 Å². The van der Waals surface area contributed by atoms with Gasteiger partial charge in [0.2, 0.25) is 5.89 Å². The quantitative estimate of drug-likeness (QED) is 0.721. The molecule has 0 amide bonds. The van der Waals surface area contributed by atoms with Gasteiger partial charge in [0, 0.05) is 22.2 Å². The first kappa shape index (κ1) is 15.8. The Kier molecular flexibility index (Phi) is 4.52. The molecule has 0 saturated heterocycles. The van der Waals surface area contributed by atoms with Gasteiger partial charge in [-0.1, -0.05) is 23.2 Å². The van der Waals surface area contributed by atoms with Gasteiger partial charge in [0.1, 0.15) is 12.1 Å². The minimum Gasteiger partial charge on any atom is -0.461 e. The molecule has 1 heterocycles. The zero-order valence-corrected chi connectivity index (χ0v) is 13.4. The Balaban J connectivity index is 1.97.